The normalized spacial score (nSPS) is 13.7. The molecule has 138 valence electrons. The van der Waals surface area contributed by atoms with Crippen molar-refractivity contribution in [2.75, 3.05) is 19.3 Å². The molecule has 2 unspecified atom stereocenters. The lowest BCUT2D eigenvalue weighted by Gasteiger charge is -2.26. The number of nitrogens with zero attached hydrogens (tertiary/aromatic N) is 1. The van der Waals surface area contributed by atoms with Crippen LogP contribution in [0.3, 0.4) is 0 Å². The Morgan fingerprint density at radius 2 is 1.88 bits per heavy atom. The molecule has 0 heterocycles. The van der Waals surface area contributed by atoms with Gasteiger partial charge >= 0.3 is 0 Å². The maximum atomic E-state index is 12.4. The van der Waals surface area contributed by atoms with E-state index in [2.05, 4.69) is 0 Å². The molecule has 2 atom stereocenters. The highest BCUT2D eigenvalue weighted by Crippen LogP contribution is 2.31. The van der Waals surface area contributed by atoms with Crippen LogP contribution in [0.2, 0.25) is 0 Å². The molecule has 0 saturated heterocycles. The Hall–Kier alpha value is -0.760. The molecular formula is C16H27ClN2O3S2. The van der Waals surface area contributed by atoms with Crippen LogP contribution in [0.4, 0.5) is 0 Å². The number of hydrogen-bond acceptors (Lipinski definition) is 5. The lowest BCUT2D eigenvalue weighted by Crippen LogP contribution is -2.43. The van der Waals surface area contributed by atoms with E-state index in [-0.39, 0.29) is 35.4 Å². The average molecular weight is 395 g/mol. The van der Waals surface area contributed by atoms with Gasteiger partial charge in [0.05, 0.1) is 15.9 Å². The smallest absolute Gasteiger partial charge is 0.235 e. The summed E-state index contributed by atoms with van der Waals surface area (Å²) in [7, 11) is -1.60. The third-order valence-electron chi connectivity index (χ3n) is 3.66. The van der Waals surface area contributed by atoms with Gasteiger partial charge < -0.3 is 10.6 Å². The van der Waals surface area contributed by atoms with E-state index in [1.54, 1.807) is 43.1 Å². The van der Waals surface area contributed by atoms with Gasteiger partial charge in [0, 0.05) is 24.5 Å². The number of benzene rings is 1. The van der Waals surface area contributed by atoms with Crippen LogP contribution >= 0.6 is 24.2 Å². The standard InChI is InChI=1S/C16H26N2O3S2.ClH/c1-5-10-23(20,21)15-9-7-6-8-14(15)22-13(3)16(19)18(4)12(2)11-17;/h6-9,12-13H,5,10-11,17H2,1-4H3;1H. The molecule has 2 N–H and O–H groups in total. The first-order valence-corrected chi connectivity index (χ1v) is 10.2. The molecule has 0 fully saturated rings. The summed E-state index contributed by atoms with van der Waals surface area (Å²) in [5.41, 5.74) is 5.60. The van der Waals surface area contributed by atoms with Crippen molar-refractivity contribution >= 4 is 39.9 Å². The number of sulfone groups is 1. The van der Waals surface area contributed by atoms with Crippen LogP contribution in [0.15, 0.2) is 34.1 Å². The van der Waals surface area contributed by atoms with Crippen LogP contribution in [-0.4, -0.2) is 49.9 Å². The predicted octanol–water partition coefficient (Wildman–Crippen LogP) is 2.58. The topological polar surface area (TPSA) is 80.5 Å². The molecule has 24 heavy (non-hydrogen) atoms. The summed E-state index contributed by atoms with van der Waals surface area (Å²) in [5, 5.41) is -0.382. The number of halogens is 1. The van der Waals surface area contributed by atoms with Crippen molar-refractivity contribution in [1.82, 2.24) is 4.90 Å². The van der Waals surface area contributed by atoms with Crippen LogP contribution in [0.1, 0.15) is 27.2 Å². The summed E-state index contributed by atoms with van der Waals surface area (Å²) in [6, 6.07) is 6.81. The monoisotopic (exact) mass is 394 g/mol. The first-order chi connectivity index (χ1) is 10.7. The lowest BCUT2D eigenvalue weighted by molar-refractivity contribution is -0.130. The Bertz CT molecular complexity index is 638. The van der Waals surface area contributed by atoms with E-state index in [0.717, 1.165) is 0 Å². The maximum absolute atomic E-state index is 12.4. The SMILES string of the molecule is CCCS(=O)(=O)c1ccccc1SC(C)C(=O)N(C)C(C)CN.Cl. The Morgan fingerprint density at radius 1 is 1.29 bits per heavy atom. The Kier molecular flexibility index (Phi) is 9.96. The number of likely N-dealkylation sites (N-methyl/N-ethyl adjacent to an activating group) is 1. The predicted molar refractivity (Wildman–Crippen MR) is 103 cm³/mol. The number of hydrogen-bond donors (Lipinski definition) is 1. The van der Waals surface area contributed by atoms with Crippen molar-refractivity contribution in [2.45, 2.75) is 48.3 Å². The van der Waals surface area contributed by atoms with Crippen molar-refractivity contribution in [3.05, 3.63) is 24.3 Å². The second kappa shape index (κ2) is 10.3. The molecule has 1 rings (SSSR count). The van der Waals surface area contributed by atoms with Crippen molar-refractivity contribution < 1.29 is 13.2 Å². The highest BCUT2D eigenvalue weighted by atomic mass is 35.5. The molecule has 0 saturated carbocycles. The zero-order valence-corrected chi connectivity index (χ0v) is 17.0. The van der Waals surface area contributed by atoms with E-state index in [1.165, 1.54) is 11.8 Å². The first kappa shape index (κ1) is 23.2. The molecule has 0 aliphatic carbocycles. The number of amides is 1. The second-order valence-electron chi connectivity index (χ2n) is 5.56. The lowest BCUT2D eigenvalue weighted by atomic mass is 10.3. The quantitative estimate of drug-likeness (QED) is 0.685. The zero-order valence-electron chi connectivity index (χ0n) is 14.6. The van der Waals surface area contributed by atoms with Gasteiger partial charge in [-0.3, -0.25) is 4.79 Å². The van der Waals surface area contributed by atoms with Gasteiger partial charge in [0.15, 0.2) is 9.84 Å². The fourth-order valence-electron chi connectivity index (χ4n) is 2.09. The van der Waals surface area contributed by atoms with Gasteiger partial charge in [-0.15, -0.1) is 24.2 Å². The van der Waals surface area contributed by atoms with Crippen LogP contribution in [0.5, 0.6) is 0 Å². The molecule has 0 aliphatic heterocycles. The molecular weight excluding hydrogens is 368 g/mol. The Morgan fingerprint density at radius 3 is 2.42 bits per heavy atom. The first-order valence-electron chi connectivity index (χ1n) is 7.69. The van der Waals surface area contributed by atoms with Gasteiger partial charge in [-0.2, -0.15) is 0 Å². The summed E-state index contributed by atoms with van der Waals surface area (Å²) in [6.45, 7) is 5.90. The third kappa shape index (κ3) is 5.95. The molecule has 0 bridgehead atoms. The van der Waals surface area contributed by atoms with E-state index < -0.39 is 9.84 Å². The van der Waals surface area contributed by atoms with Crippen LogP contribution in [0, 0.1) is 0 Å². The summed E-state index contributed by atoms with van der Waals surface area (Å²) in [6.07, 6.45) is 0.562. The minimum atomic E-state index is -3.32. The zero-order chi connectivity index (χ0) is 17.6. The highest BCUT2D eigenvalue weighted by molar-refractivity contribution is 8.01. The molecule has 0 aromatic heterocycles. The van der Waals surface area contributed by atoms with Crippen molar-refractivity contribution in [2.24, 2.45) is 5.73 Å². The number of carbonyl (C=O) groups is 1. The molecule has 8 heteroatoms. The molecule has 0 aliphatic rings. The molecule has 0 radical (unpaired) electrons. The van der Waals surface area contributed by atoms with E-state index in [9.17, 15) is 13.2 Å². The number of thioether (sulfide) groups is 1. The Labute approximate surface area is 155 Å². The van der Waals surface area contributed by atoms with Gasteiger partial charge in [-0.1, -0.05) is 19.1 Å². The maximum Gasteiger partial charge on any atom is 0.235 e. The van der Waals surface area contributed by atoms with Crippen molar-refractivity contribution in [3.8, 4) is 0 Å². The third-order valence-corrected chi connectivity index (χ3v) is 6.92. The molecule has 1 aromatic carbocycles. The minimum Gasteiger partial charge on any atom is -0.341 e. The van der Waals surface area contributed by atoms with Crippen LogP contribution < -0.4 is 5.73 Å². The van der Waals surface area contributed by atoms with Crippen LogP contribution in [0.25, 0.3) is 0 Å². The summed E-state index contributed by atoms with van der Waals surface area (Å²) < 4.78 is 24.7. The highest BCUT2D eigenvalue weighted by Gasteiger charge is 2.25. The van der Waals surface area contributed by atoms with Gasteiger partial charge in [0.25, 0.3) is 0 Å². The van der Waals surface area contributed by atoms with Crippen LogP contribution in [-0.2, 0) is 14.6 Å². The summed E-state index contributed by atoms with van der Waals surface area (Å²) in [4.78, 5) is 15.0. The van der Waals surface area contributed by atoms with Crippen molar-refractivity contribution in [3.63, 3.8) is 0 Å². The average Bonchev–Trinajstić information content (AvgIpc) is 2.52. The Balaban J connectivity index is 0.00000529. The summed E-state index contributed by atoms with van der Waals surface area (Å²) >= 11 is 1.28. The van der Waals surface area contributed by atoms with E-state index >= 15 is 0 Å². The molecule has 1 amide bonds. The number of nitrogens with two attached hydrogens (primary N) is 1. The van der Waals surface area contributed by atoms with Gasteiger partial charge in [0.1, 0.15) is 0 Å². The molecule has 0 spiro atoms. The molecule has 1 aromatic rings. The summed E-state index contributed by atoms with van der Waals surface area (Å²) in [5.74, 6) is 0.0486. The number of rotatable bonds is 8. The largest absolute Gasteiger partial charge is 0.341 e. The number of carbonyl (C=O) groups excluding carboxylic acids is 1. The van der Waals surface area contributed by atoms with Crippen molar-refractivity contribution in [1.29, 1.82) is 0 Å². The molecule has 5 nitrogen and oxygen atoms in total. The van der Waals surface area contributed by atoms with Gasteiger partial charge in [0.2, 0.25) is 5.91 Å². The van der Waals surface area contributed by atoms with Gasteiger partial charge in [-0.05, 0) is 32.4 Å². The van der Waals surface area contributed by atoms with E-state index in [4.69, 9.17) is 5.73 Å². The van der Waals surface area contributed by atoms with E-state index in [1.807, 2.05) is 13.8 Å². The fourth-order valence-corrected chi connectivity index (χ4v) is 5.02. The van der Waals surface area contributed by atoms with Gasteiger partial charge in [-0.25, -0.2) is 8.42 Å². The fraction of sp³-hybridized carbons (Fsp3) is 0.562. The minimum absolute atomic E-state index is 0. The second-order valence-corrected chi connectivity index (χ2v) is 9.02. The van der Waals surface area contributed by atoms with E-state index in [0.29, 0.717) is 22.8 Å².